The molecule has 1 amide bonds. The summed E-state index contributed by atoms with van der Waals surface area (Å²) in [6.45, 7) is 4.89. The smallest absolute Gasteiger partial charge is 0.262 e. The maximum Gasteiger partial charge on any atom is 0.262 e. The summed E-state index contributed by atoms with van der Waals surface area (Å²) in [4.78, 5) is 12.1. The van der Waals surface area contributed by atoms with Gasteiger partial charge in [-0.25, -0.2) is 4.39 Å². The normalized spacial score (nSPS) is 13.5. The third kappa shape index (κ3) is 3.12. The second-order valence-electron chi connectivity index (χ2n) is 5.95. The number of ether oxygens (including phenoxy) is 1. The summed E-state index contributed by atoms with van der Waals surface area (Å²) in [5.74, 6) is -0.161. The van der Waals surface area contributed by atoms with Crippen molar-refractivity contribution in [2.24, 2.45) is 7.05 Å². The number of carbonyl (C=O) groups excluding carboxylic acids is 1. The number of nitrogens with one attached hydrogen (secondary N) is 2. The number of fused-ring (bicyclic) bond motifs is 1. The predicted molar refractivity (Wildman–Crippen MR) is 88.6 cm³/mol. The van der Waals surface area contributed by atoms with E-state index in [1.165, 1.54) is 0 Å². The Morgan fingerprint density at radius 2 is 2.25 bits per heavy atom. The number of halogens is 1. The molecular formula is C17H21FN4O2. The molecule has 0 saturated heterocycles. The minimum Gasteiger partial charge on any atom is -0.480 e. The third-order valence-corrected chi connectivity index (χ3v) is 4.27. The van der Waals surface area contributed by atoms with E-state index in [2.05, 4.69) is 15.7 Å². The molecule has 24 heavy (non-hydrogen) atoms. The molecule has 0 atom stereocenters. The SMILES string of the molecule is Cc1nn(C)c(C)c1OCC(=O)Nc1ccc2c(c1F)CCNC2. The Balaban J connectivity index is 1.67. The number of aromatic nitrogens is 2. The van der Waals surface area contributed by atoms with Crippen molar-refractivity contribution in [2.45, 2.75) is 26.8 Å². The van der Waals surface area contributed by atoms with Crippen LogP contribution in [0.2, 0.25) is 0 Å². The van der Waals surface area contributed by atoms with Gasteiger partial charge in [0, 0.05) is 13.6 Å². The second-order valence-corrected chi connectivity index (χ2v) is 5.95. The number of anilines is 1. The summed E-state index contributed by atoms with van der Waals surface area (Å²) >= 11 is 0. The largest absolute Gasteiger partial charge is 0.480 e. The fourth-order valence-corrected chi connectivity index (χ4v) is 2.92. The predicted octanol–water partition coefficient (Wildman–Crippen LogP) is 1.84. The highest BCUT2D eigenvalue weighted by atomic mass is 19.1. The van der Waals surface area contributed by atoms with Crippen LogP contribution in [0.4, 0.5) is 10.1 Å². The Bertz CT molecular complexity index is 785. The van der Waals surface area contributed by atoms with E-state index >= 15 is 0 Å². The molecule has 1 aromatic heterocycles. The van der Waals surface area contributed by atoms with Gasteiger partial charge in [0.15, 0.2) is 12.4 Å². The van der Waals surface area contributed by atoms with Crippen molar-refractivity contribution in [3.63, 3.8) is 0 Å². The van der Waals surface area contributed by atoms with Gasteiger partial charge in [0.25, 0.3) is 5.91 Å². The fraction of sp³-hybridized carbons (Fsp3) is 0.412. The first-order valence-electron chi connectivity index (χ1n) is 7.91. The first-order chi connectivity index (χ1) is 11.5. The molecule has 0 fully saturated rings. The van der Waals surface area contributed by atoms with Gasteiger partial charge in [-0.05, 0) is 44.0 Å². The van der Waals surface area contributed by atoms with E-state index in [0.717, 1.165) is 23.5 Å². The molecule has 0 spiro atoms. The molecule has 2 heterocycles. The molecule has 2 N–H and O–H groups in total. The van der Waals surface area contributed by atoms with Gasteiger partial charge in [-0.15, -0.1) is 0 Å². The second kappa shape index (κ2) is 6.60. The molecule has 0 saturated carbocycles. The van der Waals surface area contributed by atoms with E-state index in [4.69, 9.17) is 4.74 Å². The van der Waals surface area contributed by atoms with Crippen LogP contribution in [-0.4, -0.2) is 28.8 Å². The molecule has 0 unspecified atom stereocenters. The summed E-state index contributed by atoms with van der Waals surface area (Å²) in [7, 11) is 1.81. The highest BCUT2D eigenvalue weighted by Crippen LogP contribution is 2.25. The van der Waals surface area contributed by atoms with Gasteiger partial charge in [-0.2, -0.15) is 5.10 Å². The maximum absolute atomic E-state index is 14.5. The highest BCUT2D eigenvalue weighted by Gasteiger charge is 2.18. The Hall–Kier alpha value is -2.41. The van der Waals surface area contributed by atoms with Crippen LogP contribution in [0.1, 0.15) is 22.5 Å². The first-order valence-corrected chi connectivity index (χ1v) is 7.91. The van der Waals surface area contributed by atoms with Crippen molar-refractivity contribution in [3.8, 4) is 5.75 Å². The number of rotatable bonds is 4. The minimum atomic E-state index is -0.398. The fourth-order valence-electron chi connectivity index (χ4n) is 2.92. The summed E-state index contributed by atoms with van der Waals surface area (Å²) in [6.07, 6.45) is 0.620. The van der Waals surface area contributed by atoms with Gasteiger partial charge in [-0.1, -0.05) is 6.07 Å². The molecular weight excluding hydrogens is 311 g/mol. The quantitative estimate of drug-likeness (QED) is 0.896. The molecule has 1 aliphatic heterocycles. The van der Waals surface area contributed by atoms with Crippen LogP contribution in [0.25, 0.3) is 0 Å². The van der Waals surface area contributed by atoms with Crippen LogP contribution in [0.5, 0.6) is 5.75 Å². The molecule has 6 nitrogen and oxygen atoms in total. The number of amides is 1. The van der Waals surface area contributed by atoms with Crippen LogP contribution in [-0.2, 0) is 24.8 Å². The molecule has 2 aromatic rings. The van der Waals surface area contributed by atoms with Crippen LogP contribution in [0.15, 0.2) is 12.1 Å². The van der Waals surface area contributed by atoms with Gasteiger partial charge in [0.1, 0.15) is 11.5 Å². The highest BCUT2D eigenvalue weighted by molar-refractivity contribution is 5.92. The summed E-state index contributed by atoms with van der Waals surface area (Å²) < 4.78 is 21.8. The van der Waals surface area contributed by atoms with Crippen molar-refractivity contribution in [3.05, 3.63) is 40.5 Å². The Morgan fingerprint density at radius 1 is 1.46 bits per heavy atom. The number of benzene rings is 1. The molecule has 0 aliphatic carbocycles. The summed E-state index contributed by atoms with van der Waals surface area (Å²) in [5, 5.41) is 10.0. The van der Waals surface area contributed by atoms with Crippen molar-refractivity contribution >= 4 is 11.6 Å². The Labute approximate surface area is 140 Å². The number of hydrogen-bond donors (Lipinski definition) is 2. The number of hydrogen-bond acceptors (Lipinski definition) is 4. The van der Waals surface area contributed by atoms with Crippen LogP contribution in [0.3, 0.4) is 0 Å². The molecule has 0 radical (unpaired) electrons. The molecule has 3 rings (SSSR count). The average molecular weight is 332 g/mol. The lowest BCUT2D eigenvalue weighted by atomic mass is 9.99. The van der Waals surface area contributed by atoms with Gasteiger partial charge >= 0.3 is 0 Å². The third-order valence-electron chi connectivity index (χ3n) is 4.27. The summed E-state index contributed by atoms with van der Waals surface area (Å²) in [6, 6.07) is 3.44. The molecule has 7 heteroatoms. The molecule has 128 valence electrons. The standard InChI is InChI=1S/C17H21FN4O2/c1-10-17(11(2)22(3)21-10)24-9-15(23)20-14-5-4-12-8-19-7-6-13(12)16(14)18/h4-5,19H,6-9H2,1-3H3,(H,20,23). The molecule has 0 bridgehead atoms. The molecule has 1 aliphatic rings. The van der Waals surface area contributed by atoms with E-state index in [9.17, 15) is 9.18 Å². The van der Waals surface area contributed by atoms with Crippen molar-refractivity contribution < 1.29 is 13.9 Å². The zero-order valence-corrected chi connectivity index (χ0v) is 14.1. The van der Waals surface area contributed by atoms with Crippen molar-refractivity contribution in [1.29, 1.82) is 0 Å². The van der Waals surface area contributed by atoms with Crippen molar-refractivity contribution in [1.82, 2.24) is 15.1 Å². The van der Waals surface area contributed by atoms with E-state index in [-0.39, 0.29) is 18.1 Å². The topological polar surface area (TPSA) is 68.2 Å². The zero-order valence-electron chi connectivity index (χ0n) is 14.1. The zero-order chi connectivity index (χ0) is 17.3. The van der Waals surface area contributed by atoms with Crippen LogP contribution in [0, 0.1) is 19.7 Å². The lowest BCUT2D eigenvalue weighted by Crippen LogP contribution is -2.26. The average Bonchev–Trinajstić information content (AvgIpc) is 2.81. The summed E-state index contributed by atoms with van der Waals surface area (Å²) in [5.41, 5.74) is 3.37. The number of aryl methyl sites for hydroxylation is 2. The van der Waals surface area contributed by atoms with Crippen LogP contribution < -0.4 is 15.4 Å². The van der Waals surface area contributed by atoms with Gasteiger partial charge < -0.3 is 15.4 Å². The molecule has 1 aromatic carbocycles. The van der Waals surface area contributed by atoms with Crippen LogP contribution >= 0.6 is 0 Å². The van der Waals surface area contributed by atoms with E-state index in [1.807, 2.05) is 27.0 Å². The first kappa shape index (κ1) is 16.4. The lowest BCUT2D eigenvalue weighted by Gasteiger charge is -2.19. The number of carbonyl (C=O) groups is 1. The van der Waals surface area contributed by atoms with Gasteiger partial charge in [-0.3, -0.25) is 9.48 Å². The Morgan fingerprint density at radius 3 is 2.96 bits per heavy atom. The number of nitrogens with zero attached hydrogens (tertiary/aromatic N) is 2. The van der Waals surface area contributed by atoms with E-state index in [1.54, 1.807) is 10.7 Å². The van der Waals surface area contributed by atoms with E-state index in [0.29, 0.717) is 24.3 Å². The Kier molecular flexibility index (Phi) is 4.53. The van der Waals surface area contributed by atoms with Crippen molar-refractivity contribution in [2.75, 3.05) is 18.5 Å². The monoisotopic (exact) mass is 332 g/mol. The lowest BCUT2D eigenvalue weighted by molar-refractivity contribution is -0.118. The maximum atomic E-state index is 14.5. The van der Waals surface area contributed by atoms with Gasteiger partial charge in [0.05, 0.1) is 11.4 Å². The van der Waals surface area contributed by atoms with Gasteiger partial charge in [0.2, 0.25) is 0 Å². The van der Waals surface area contributed by atoms with E-state index < -0.39 is 5.91 Å². The minimum absolute atomic E-state index is 0.189.